The van der Waals surface area contributed by atoms with Crippen LogP contribution in [0.15, 0.2) is 29.3 Å². The topological polar surface area (TPSA) is 80.3 Å². The summed E-state index contributed by atoms with van der Waals surface area (Å²) in [4.78, 5) is 35.2. The Morgan fingerprint density at radius 3 is 2.22 bits per heavy atom. The molecule has 1 aromatic rings. The van der Waals surface area contributed by atoms with E-state index < -0.39 is 0 Å². The van der Waals surface area contributed by atoms with E-state index in [0.717, 1.165) is 58.2 Å². The number of nitrogens with one attached hydrogen (secondary N) is 2. The standard InChI is InChI=1S/C23H36N6O2.HI/c1-18(2)26-21(30)17-27-11-13-28(14-12-27)23(24-3)25-10-6-9-22(31)29-15-19-7-4-5-8-20(19)16-29;/h4-5,7-8,18H,6,9-17H2,1-3H3,(H,24,25)(H,26,30);1H. The van der Waals surface area contributed by atoms with E-state index in [2.05, 4.69) is 37.6 Å². The van der Waals surface area contributed by atoms with Gasteiger partial charge in [0.1, 0.15) is 0 Å². The van der Waals surface area contributed by atoms with Crippen molar-refractivity contribution in [2.45, 2.75) is 45.8 Å². The maximum absolute atomic E-state index is 12.5. The Morgan fingerprint density at radius 1 is 1.03 bits per heavy atom. The number of amides is 2. The molecule has 0 aromatic heterocycles. The van der Waals surface area contributed by atoms with Crippen molar-refractivity contribution in [3.63, 3.8) is 0 Å². The monoisotopic (exact) mass is 556 g/mol. The van der Waals surface area contributed by atoms with Crippen LogP contribution < -0.4 is 10.6 Å². The number of piperazine rings is 1. The summed E-state index contributed by atoms with van der Waals surface area (Å²) in [6.45, 7) is 9.90. The molecule has 9 heteroatoms. The van der Waals surface area contributed by atoms with Crippen LogP contribution >= 0.6 is 24.0 Å². The molecule has 2 N–H and O–H groups in total. The molecule has 1 aromatic carbocycles. The number of carbonyl (C=O) groups is 2. The minimum absolute atomic E-state index is 0. The molecule has 32 heavy (non-hydrogen) atoms. The van der Waals surface area contributed by atoms with E-state index in [-0.39, 0.29) is 41.8 Å². The van der Waals surface area contributed by atoms with Crippen molar-refractivity contribution < 1.29 is 9.59 Å². The molecule has 178 valence electrons. The van der Waals surface area contributed by atoms with Crippen molar-refractivity contribution >= 4 is 41.8 Å². The highest BCUT2D eigenvalue weighted by Crippen LogP contribution is 2.22. The van der Waals surface area contributed by atoms with Crippen molar-refractivity contribution in [1.29, 1.82) is 0 Å². The van der Waals surface area contributed by atoms with E-state index in [9.17, 15) is 9.59 Å². The molecule has 0 spiro atoms. The summed E-state index contributed by atoms with van der Waals surface area (Å²) < 4.78 is 0. The highest BCUT2D eigenvalue weighted by atomic mass is 127. The number of fused-ring (bicyclic) bond motifs is 1. The van der Waals surface area contributed by atoms with Gasteiger partial charge in [0.25, 0.3) is 0 Å². The van der Waals surface area contributed by atoms with Gasteiger partial charge in [-0.2, -0.15) is 0 Å². The Morgan fingerprint density at radius 2 is 1.66 bits per heavy atom. The second kappa shape index (κ2) is 13.0. The number of aliphatic imine (C=N–C) groups is 1. The summed E-state index contributed by atoms with van der Waals surface area (Å²) in [6, 6.07) is 8.44. The molecule has 0 radical (unpaired) electrons. The van der Waals surface area contributed by atoms with E-state index >= 15 is 0 Å². The van der Waals surface area contributed by atoms with Gasteiger partial charge in [-0.1, -0.05) is 24.3 Å². The number of nitrogens with zero attached hydrogens (tertiary/aromatic N) is 4. The number of halogens is 1. The largest absolute Gasteiger partial charge is 0.356 e. The van der Waals surface area contributed by atoms with Gasteiger partial charge in [0, 0.05) is 65.3 Å². The molecular weight excluding hydrogens is 519 g/mol. The first-order valence-corrected chi connectivity index (χ1v) is 11.3. The van der Waals surface area contributed by atoms with Crippen molar-refractivity contribution in [1.82, 2.24) is 25.3 Å². The first-order chi connectivity index (χ1) is 15.0. The SMILES string of the molecule is CN=C(NCCCC(=O)N1Cc2ccccc2C1)N1CCN(CC(=O)NC(C)C)CC1.I. The predicted octanol–water partition coefficient (Wildman–Crippen LogP) is 1.64. The van der Waals surface area contributed by atoms with E-state index in [1.165, 1.54) is 11.1 Å². The quantitative estimate of drug-likeness (QED) is 0.231. The maximum atomic E-state index is 12.5. The van der Waals surface area contributed by atoms with Crippen molar-refractivity contribution in [3.05, 3.63) is 35.4 Å². The molecule has 2 amide bonds. The Hall–Kier alpha value is -1.88. The van der Waals surface area contributed by atoms with Crippen LogP contribution in [0.2, 0.25) is 0 Å². The van der Waals surface area contributed by atoms with Crippen LogP contribution in [0.4, 0.5) is 0 Å². The second-order valence-electron chi connectivity index (χ2n) is 8.58. The Bertz CT molecular complexity index is 767. The normalized spacial score (nSPS) is 16.6. The smallest absolute Gasteiger partial charge is 0.234 e. The Kier molecular flexibility index (Phi) is 10.7. The fourth-order valence-corrected chi connectivity index (χ4v) is 4.13. The van der Waals surface area contributed by atoms with Crippen molar-refractivity contribution in [2.75, 3.05) is 46.3 Å². The molecule has 1 saturated heterocycles. The zero-order valence-electron chi connectivity index (χ0n) is 19.5. The highest BCUT2D eigenvalue weighted by molar-refractivity contribution is 14.0. The summed E-state index contributed by atoms with van der Waals surface area (Å²) in [5, 5.41) is 6.33. The third-order valence-electron chi connectivity index (χ3n) is 5.74. The third kappa shape index (κ3) is 7.61. The molecular formula is C23H37IN6O2. The lowest BCUT2D eigenvalue weighted by molar-refractivity contribution is -0.131. The van der Waals surface area contributed by atoms with Gasteiger partial charge in [0.05, 0.1) is 6.54 Å². The molecule has 8 nitrogen and oxygen atoms in total. The van der Waals surface area contributed by atoms with E-state index in [0.29, 0.717) is 13.0 Å². The van der Waals surface area contributed by atoms with Gasteiger partial charge in [0.2, 0.25) is 11.8 Å². The average molecular weight is 556 g/mol. The zero-order valence-corrected chi connectivity index (χ0v) is 21.8. The molecule has 0 bridgehead atoms. The van der Waals surface area contributed by atoms with Gasteiger partial charge >= 0.3 is 0 Å². The predicted molar refractivity (Wildman–Crippen MR) is 138 cm³/mol. The average Bonchev–Trinajstić information content (AvgIpc) is 3.18. The zero-order chi connectivity index (χ0) is 22.2. The van der Waals surface area contributed by atoms with E-state index in [1.54, 1.807) is 7.05 Å². The Balaban J connectivity index is 0.00000363. The fourth-order valence-electron chi connectivity index (χ4n) is 4.13. The Labute approximate surface area is 208 Å². The number of guanidine groups is 1. The third-order valence-corrected chi connectivity index (χ3v) is 5.74. The second-order valence-corrected chi connectivity index (χ2v) is 8.58. The van der Waals surface area contributed by atoms with Crippen LogP contribution in [0.3, 0.4) is 0 Å². The molecule has 0 atom stereocenters. The summed E-state index contributed by atoms with van der Waals surface area (Å²) in [6.07, 6.45) is 1.32. The maximum Gasteiger partial charge on any atom is 0.234 e. The van der Waals surface area contributed by atoms with Gasteiger partial charge in [-0.3, -0.25) is 19.5 Å². The van der Waals surface area contributed by atoms with Gasteiger partial charge in [-0.15, -0.1) is 24.0 Å². The minimum Gasteiger partial charge on any atom is -0.356 e. The number of carbonyl (C=O) groups excluding carboxylic acids is 2. The van der Waals surface area contributed by atoms with E-state index in [1.807, 2.05) is 30.9 Å². The minimum atomic E-state index is 0. The van der Waals surface area contributed by atoms with Gasteiger partial charge in [0.15, 0.2) is 5.96 Å². The lowest BCUT2D eigenvalue weighted by atomic mass is 10.1. The first-order valence-electron chi connectivity index (χ1n) is 11.3. The van der Waals surface area contributed by atoms with Crippen LogP contribution in [0.1, 0.15) is 37.8 Å². The molecule has 2 aliphatic rings. The lowest BCUT2D eigenvalue weighted by Gasteiger charge is -2.36. The molecule has 2 aliphatic heterocycles. The first kappa shape index (κ1) is 26.4. The molecule has 0 saturated carbocycles. The van der Waals surface area contributed by atoms with Crippen molar-refractivity contribution in [3.8, 4) is 0 Å². The molecule has 1 fully saturated rings. The lowest BCUT2D eigenvalue weighted by Crippen LogP contribution is -2.54. The molecule has 2 heterocycles. The van der Waals surface area contributed by atoms with E-state index in [4.69, 9.17) is 0 Å². The molecule has 0 aliphatic carbocycles. The van der Waals surface area contributed by atoms with Gasteiger partial charge in [-0.25, -0.2) is 0 Å². The van der Waals surface area contributed by atoms with Crippen LogP contribution in [-0.2, 0) is 22.7 Å². The number of benzene rings is 1. The van der Waals surface area contributed by atoms with Crippen LogP contribution in [0, 0.1) is 0 Å². The number of hydrogen-bond donors (Lipinski definition) is 2. The highest BCUT2D eigenvalue weighted by Gasteiger charge is 2.23. The molecule has 0 unspecified atom stereocenters. The van der Waals surface area contributed by atoms with Crippen LogP contribution in [-0.4, -0.2) is 84.8 Å². The number of rotatable bonds is 7. The summed E-state index contributed by atoms with van der Waals surface area (Å²) in [5.74, 6) is 1.16. The van der Waals surface area contributed by atoms with Gasteiger partial charge < -0.3 is 20.4 Å². The molecule has 3 rings (SSSR count). The van der Waals surface area contributed by atoms with Crippen molar-refractivity contribution in [2.24, 2.45) is 4.99 Å². The van der Waals surface area contributed by atoms with Crippen LogP contribution in [0.25, 0.3) is 0 Å². The fraction of sp³-hybridized carbons (Fsp3) is 0.609. The van der Waals surface area contributed by atoms with Crippen LogP contribution in [0.5, 0.6) is 0 Å². The summed E-state index contributed by atoms with van der Waals surface area (Å²) >= 11 is 0. The summed E-state index contributed by atoms with van der Waals surface area (Å²) in [5.41, 5.74) is 2.52. The summed E-state index contributed by atoms with van der Waals surface area (Å²) in [7, 11) is 1.79. The van der Waals surface area contributed by atoms with Gasteiger partial charge in [-0.05, 0) is 31.4 Å². The number of hydrogen-bond acceptors (Lipinski definition) is 4.